The van der Waals surface area contributed by atoms with Crippen LogP contribution in [0.25, 0.3) is 0 Å². The lowest BCUT2D eigenvalue weighted by molar-refractivity contribution is 0.295. The van der Waals surface area contributed by atoms with Crippen LogP contribution in [-0.4, -0.2) is 13.2 Å². The number of para-hydroxylation sites is 1. The van der Waals surface area contributed by atoms with Crippen LogP contribution in [0.5, 0.6) is 5.75 Å². The highest BCUT2D eigenvalue weighted by molar-refractivity contribution is 6.32. The lowest BCUT2D eigenvalue weighted by Crippen LogP contribution is -2.08. The molecule has 1 atom stereocenters. The van der Waals surface area contributed by atoms with Crippen molar-refractivity contribution in [3.63, 3.8) is 0 Å². The van der Waals surface area contributed by atoms with Crippen molar-refractivity contribution in [3.8, 4) is 5.75 Å². The van der Waals surface area contributed by atoms with E-state index in [2.05, 4.69) is 13.0 Å². The summed E-state index contributed by atoms with van der Waals surface area (Å²) in [5.41, 5.74) is 6.80. The summed E-state index contributed by atoms with van der Waals surface area (Å²) >= 11 is 6.22. The molecule has 0 bridgehead atoms. The van der Waals surface area contributed by atoms with Crippen LogP contribution >= 0.6 is 11.6 Å². The molecule has 1 aromatic rings. The van der Waals surface area contributed by atoms with Gasteiger partial charge in [0.15, 0.2) is 0 Å². The van der Waals surface area contributed by atoms with E-state index in [0.29, 0.717) is 17.5 Å². The molecule has 1 saturated carbocycles. The van der Waals surface area contributed by atoms with Gasteiger partial charge in [-0.15, -0.1) is 0 Å². The van der Waals surface area contributed by atoms with Gasteiger partial charge < -0.3 is 10.5 Å². The molecule has 0 heterocycles. The maximum atomic E-state index is 6.22. The van der Waals surface area contributed by atoms with Gasteiger partial charge in [-0.1, -0.05) is 30.7 Å². The average molecular weight is 254 g/mol. The van der Waals surface area contributed by atoms with Crippen molar-refractivity contribution in [1.82, 2.24) is 0 Å². The minimum Gasteiger partial charge on any atom is -0.491 e. The standard InChI is InChI=1S/C14H20ClNO/c1-10(7-8-16)12-3-2-4-13(15)14(12)17-9-11-5-6-11/h2-4,10-11H,5-9,16H2,1H3. The fraction of sp³-hybridized carbons (Fsp3) is 0.571. The summed E-state index contributed by atoms with van der Waals surface area (Å²) in [5, 5.41) is 0.715. The fourth-order valence-corrected chi connectivity index (χ4v) is 2.19. The Balaban J connectivity index is 2.13. The second kappa shape index (κ2) is 5.74. The van der Waals surface area contributed by atoms with E-state index in [9.17, 15) is 0 Å². The third kappa shape index (κ3) is 3.36. The maximum Gasteiger partial charge on any atom is 0.141 e. The molecule has 2 nitrogen and oxygen atoms in total. The predicted molar refractivity (Wildman–Crippen MR) is 71.8 cm³/mol. The third-order valence-corrected chi connectivity index (χ3v) is 3.59. The fourth-order valence-electron chi connectivity index (χ4n) is 1.96. The maximum absolute atomic E-state index is 6.22. The van der Waals surface area contributed by atoms with Crippen molar-refractivity contribution in [2.75, 3.05) is 13.2 Å². The second-order valence-corrected chi connectivity index (χ2v) is 5.30. The molecule has 0 radical (unpaired) electrons. The summed E-state index contributed by atoms with van der Waals surface area (Å²) < 4.78 is 5.89. The molecule has 1 aromatic carbocycles. The highest BCUT2D eigenvalue weighted by Crippen LogP contribution is 2.37. The van der Waals surface area contributed by atoms with Crippen LogP contribution < -0.4 is 10.5 Å². The molecule has 0 aliphatic heterocycles. The van der Waals surface area contributed by atoms with Gasteiger partial charge in [-0.2, -0.15) is 0 Å². The predicted octanol–water partition coefficient (Wildman–Crippen LogP) is 3.58. The monoisotopic (exact) mass is 253 g/mol. The van der Waals surface area contributed by atoms with E-state index >= 15 is 0 Å². The zero-order valence-electron chi connectivity index (χ0n) is 10.3. The lowest BCUT2D eigenvalue weighted by Gasteiger charge is -2.17. The van der Waals surface area contributed by atoms with Gasteiger partial charge in [0.05, 0.1) is 11.6 Å². The van der Waals surface area contributed by atoms with Gasteiger partial charge in [0.25, 0.3) is 0 Å². The molecule has 0 amide bonds. The van der Waals surface area contributed by atoms with Crippen molar-refractivity contribution < 1.29 is 4.74 Å². The van der Waals surface area contributed by atoms with E-state index in [-0.39, 0.29) is 0 Å². The first-order valence-corrected chi connectivity index (χ1v) is 6.71. The molecule has 1 aliphatic carbocycles. The number of benzene rings is 1. The van der Waals surface area contributed by atoms with Crippen molar-refractivity contribution in [3.05, 3.63) is 28.8 Å². The van der Waals surface area contributed by atoms with Gasteiger partial charge in [0.1, 0.15) is 5.75 Å². The van der Waals surface area contributed by atoms with Gasteiger partial charge in [-0.25, -0.2) is 0 Å². The summed E-state index contributed by atoms with van der Waals surface area (Å²) in [4.78, 5) is 0. The second-order valence-electron chi connectivity index (χ2n) is 4.89. The molecule has 17 heavy (non-hydrogen) atoms. The SMILES string of the molecule is CC(CCN)c1cccc(Cl)c1OCC1CC1. The van der Waals surface area contributed by atoms with Crippen LogP contribution in [-0.2, 0) is 0 Å². The van der Waals surface area contributed by atoms with E-state index in [1.54, 1.807) is 0 Å². The van der Waals surface area contributed by atoms with Crippen molar-refractivity contribution >= 4 is 11.6 Å². The highest BCUT2D eigenvalue weighted by atomic mass is 35.5. The average Bonchev–Trinajstić information content (AvgIpc) is 3.11. The molecule has 1 aliphatic rings. The number of halogens is 1. The summed E-state index contributed by atoms with van der Waals surface area (Å²) in [6.45, 7) is 3.66. The minimum absolute atomic E-state index is 0.396. The molecule has 2 rings (SSSR count). The highest BCUT2D eigenvalue weighted by Gasteiger charge is 2.23. The first-order valence-electron chi connectivity index (χ1n) is 6.33. The Morgan fingerprint density at radius 3 is 2.88 bits per heavy atom. The number of ether oxygens (including phenoxy) is 1. The summed E-state index contributed by atoms with van der Waals surface area (Å²) in [7, 11) is 0. The van der Waals surface area contributed by atoms with Crippen LogP contribution in [0.3, 0.4) is 0 Å². The quantitative estimate of drug-likeness (QED) is 0.841. The zero-order valence-corrected chi connectivity index (χ0v) is 11.0. The third-order valence-electron chi connectivity index (χ3n) is 3.29. The van der Waals surface area contributed by atoms with E-state index in [1.165, 1.54) is 18.4 Å². The Hall–Kier alpha value is -0.730. The van der Waals surface area contributed by atoms with Crippen molar-refractivity contribution in [2.24, 2.45) is 11.7 Å². The molecule has 1 fully saturated rings. The minimum atomic E-state index is 0.396. The Morgan fingerprint density at radius 2 is 2.24 bits per heavy atom. The normalized spacial score (nSPS) is 16.9. The number of hydrogen-bond donors (Lipinski definition) is 1. The molecular weight excluding hydrogens is 234 g/mol. The number of hydrogen-bond acceptors (Lipinski definition) is 2. The molecule has 0 spiro atoms. The van der Waals surface area contributed by atoms with Crippen LogP contribution in [0.2, 0.25) is 5.02 Å². The Labute approximate surface area is 108 Å². The molecule has 0 saturated heterocycles. The molecule has 2 N–H and O–H groups in total. The molecule has 0 aromatic heterocycles. The first kappa shape index (κ1) is 12.7. The molecule has 94 valence electrons. The summed E-state index contributed by atoms with van der Waals surface area (Å²) in [6, 6.07) is 5.96. The Morgan fingerprint density at radius 1 is 1.47 bits per heavy atom. The van der Waals surface area contributed by atoms with Crippen molar-refractivity contribution in [2.45, 2.75) is 32.1 Å². The van der Waals surface area contributed by atoms with E-state index in [4.69, 9.17) is 22.1 Å². The molecule has 3 heteroatoms. The van der Waals surface area contributed by atoms with Gasteiger partial charge in [0, 0.05) is 0 Å². The largest absolute Gasteiger partial charge is 0.491 e. The summed E-state index contributed by atoms with van der Waals surface area (Å²) in [5.74, 6) is 2.00. The van der Waals surface area contributed by atoms with Crippen molar-refractivity contribution in [1.29, 1.82) is 0 Å². The van der Waals surface area contributed by atoms with Gasteiger partial charge in [-0.3, -0.25) is 0 Å². The zero-order chi connectivity index (χ0) is 12.3. The Bertz CT molecular complexity index is 376. The van der Waals surface area contributed by atoms with Gasteiger partial charge in [-0.05, 0) is 49.3 Å². The first-order chi connectivity index (χ1) is 8.22. The topological polar surface area (TPSA) is 35.2 Å². The van der Waals surface area contributed by atoms with E-state index in [0.717, 1.165) is 24.7 Å². The molecular formula is C14H20ClNO. The molecule has 1 unspecified atom stereocenters. The van der Waals surface area contributed by atoms with Crippen LogP contribution in [0, 0.1) is 5.92 Å². The van der Waals surface area contributed by atoms with E-state index < -0.39 is 0 Å². The van der Waals surface area contributed by atoms with E-state index in [1.807, 2.05) is 12.1 Å². The number of nitrogens with two attached hydrogens (primary N) is 1. The number of rotatable bonds is 6. The van der Waals surface area contributed by atoms with Crippen LogP contribution in [0.4, 0.5) is 0 Å². The summed E-state index contributed by atoms with van der Waals surface area (Å²) in [6.07, 6.45) is 3.54. The smallest absolute Gasteiger partial charge is 0.141 e. The Kier molecular flexibility index (Phi) is 4.30. The van der Waals surface area contributed by atoms with Gasteiger partial charge >= 0.3 is 0 Å². The van der Waals surface area contributed by atoms with Gasteiger partial charge in [0.2, 0.25) is 0 Å². The lowest BCUT2D eigenvalue weighted by atomic mass is 9.97. The van der Waals surface area contributed by atoms with Crippen LogP contribution in [0.15, 0.2) is 18.2 Å². The van der Waals surface area contributed by atoms with Crippen LogP contribution in [0.1, 0.15) is 37.7 Å².